The Morgan fingerprint density at radius 2 is 1.67 bits per heavy atom. The summed E-state index contributed by atoms with van der Waals surface area (Å²) in [6.07, 6.45) is 12.3. The zero-order chi connectivity index (χ0) is 11.2. The second-order valence-electron chi connectivity index (χ2n) is 3.46. The van der Waals surface area contributed by atoms with Crippen molar-refractivity contribution in [3.63, 3.8) is 0 Å². The van der Waals surface area contributed by atoms with Crippen LogP contribution in [0, 0.1) is 0 Å². The first-order valence-electron chi connectivity index (χ1n) is 5.61. The molecule has 0 radical (unpaired) electrons. The first-order chi connectivity index (χ1) is 7.41. The highest BCUT2D eigenvalue weighted by Gasteiger charge is 1.89. The zero-order valence-electron chi connectivity index (χ0n) is 9.61. The molecule has 15 heavy (non-hydrogen) atoms. The number of rotatable bonds is 11. The number of hydrogen-bond acceptors (Lipinski definition) is 3. The molecule has 0 aliphatic rings. The fraction of sp³-hybridized carbons (Fsp3) is 0.750. The second-order valence-corrected chi connectivity index (χ2v) is 3.46. The van der Waals surface area contributed by atoms with Gasteiger partial charge in [0.25, 0.3) is 0 Å². The normalized spacial score (nSPS) is 10.7. The molecule has 0 unspecified atom stereocenters. The molecule has 0 atom stereocenters. The van der Waals surface area contributed by atoms with Crippen LogP contribution < -0.4 is 0 Å². The van der Waals surface area contributed by atoms with Gasteiger partial charge in [-0.05, 0) is 25.3 Å². The summed E-state index contributed by atoms with van der Waals surface area (Å²) in [7, 11) is 1.60. The molecule has 0 N–H and O–H groups in total. The Labute approximate surface area is 92.5 Å². The second kappa shape index (κ2) is 13.2. The van der Waals surface area contributed by atoms with Crippen molar-refractivity contribution in [3.8, 4) is 0 Å². The molecule has 0 rings (SSSR count). The van der Waals surface area contributed by atoms with Crippen LogP contribution in [-0.4, -0.2) is 20.2 Å². The topological polar surface area (TPSA) is 35.5 Å². The number of hydrogen-bond donors (Lipinski definition) is 0. The molecule has 0 saturated heterocycles. The quantitative estimate of drug-likeness (QED) is 0.229. The van der Waals surface area contributed by atoms with Crippen LogP contribution in [0.2, 0.25) is 0 Å². The van der Waals surface area contributed by atoms with E-state index in [0.29, 0.717) is 13.2 Å². The maximum atomic E-state index is 10.0. The van der Waals surface area contributed by atoms with E-state index >= 15 is 0 Å². The van der Waals surface area contributed by atoms with Crippen molar-refractivity contribution in [2.24, 2.45) is 0 Å². The van der Waals surface area contributed by atoms with E-state index in [1.54, 1.807) is 13.4 Å². The third-order valence-electron chi connectivity index (χ3n) is 2.07. The van der Waals surface area contributed by atoms with E-state index < -0.39 is 0 Å². The van der Waals surface area contributed by atoms with Crippen LogP contribution in [0.5, 0.6) is 0 Å². The van der Waals surface area contributed by atoms with Crippen molar-refractivity contribution in [1.29, 1.82) is 0 Å². The molecule has 3 nitrogen and oxygen atoms in total. The summed E-state index contributed by atoms with van der Waals surface area (Å²) in [5, 5.41) is 0. The lowest BCUT2D eigenvalue weighted by molar-refractivity contribution is -0.107. The Hall–Kier alpha value is -0.830. The Morgan fingerprint density at radius 3 is 2.33 bits per heavy atom. The largest absolute Gasteiger partial charge is 0.476 e. The fourth-order valence-electron chi connectivity index (χ4n) is 1.26. The van der Waals surface area contributed by atoms with Crippen molar-refractivity contribution in [2.45, 2.75) is 44.9 Å². The van der Waals surface area contributed by atoms with E-state index in [0.717, 1.165) is 19.1 Å². The molecule has 0 aromatic rings. The number of allylic oxidation sites excluding steroid dienone is 1. The number of unbranched alkanes of at least 4 members (excludes halogenated alkanes) is 6. The molecule has 0 amide bonds. The minimum Gasteiger partial charge on any atom is -0.476 e. The standard InChI is InChI=1S/C12H22O3/c1-14-12-15-11-9-7-5-3-2-4-6-8-10-13/h9-11H,2-8,12H2,1H3. The van der Waals surface area contributed by atoms with Crippen molar-refractivity contribution < 1.29 is 14.3 Å². The molecule has 0 fully saturated rings. The van der Waals surface area contributed by atoms with Crippen LogP contribution in [0.25, 0.3) is 0 Å². The maximum Gasteiger partial charge on any atom is 0.187 e. The van der Waals surface area contributed by atoms with Gasteiger partial charge in [-0.25, -0.2) is 0 Å². The summed E-state index contributed by atoms with van der Waals surface area (Å²) in [4.78, 5) is 10.0. The van der Waals surface area contributed by atoms with Gasteiger partial charge in [0.05, 0.1) is 6.26 Å². The van der Waals surface area contributed by atoms with Gasteiger partial charge in [-0.15, -0.1) is 0 Å². The Bertz CT molecular complexity index is 155. The number of ether oxygens (including phenoxy) is 2. The van der Waals surface area contributed by atoms with Gasteiger partial charge >= 0.3 is 0 Å². The van der Waals surface area contributed by atoms with Crippen LogP contribution >= 0.6 is 0 Å². The highest BCUT2D eigenvalue weighted by atomic mass is 16.7. The molecular formula is C12H22O3. The van der Waals surface area contributed by atoms with Gasteiger partial charge < -0.3 is 14.3 Å². The van der Waals surface area contributed by atoms with Crippen LogP contribution in [0.4, 0.5) is 0 Å². The predicted octanol–water partition coefficient (Wildman–Crippen LogP) is 3.05. The van der Waals surface area contributed by atoms with Crippen LogP contribution in [-0.2, 0) is 14.3 Å². The minimum atomic E-state index is 0.322. The zero-order valence-corrected chi connectivity index (χ0v) is 9.61. The number of aldehydes is 1. The fourth-order valence-corrected chi connectivity index (χ4v) is 1.26. The van der Waals surface area contributed by atoms with E-state index in [2.05, 4.69) is 0 Å². The van der Waals surface area contributed by atoms with Crippen LogP contribution in [0.1, 0.15) is 44.9 Å². The molecule has 0 spiro atoms. The third kappa shape index (κ3) is 13.2. The molecule has 0 heterocycles. The lowest BCUT2D eigenvalue weighted by atomic mass is 10.1. The van der Waals surface area contributed by atoms with Crippen LogP contribution in [0.15, 0.2) is 12.3 Å². The summed E-state index contributed by atoms with van der Waals surface area (Å²) in [6, 6.07) is 0. The van der Waals surface area contributed by atoms with Gasteiger partial charge in [-0.1, -0.05) is 19.3 Å². The van der Waals surface area contributed by atoms with Crippen LogP contribution in [0.3, 0.4) is 0 Å². The average molecular weight is 214 g/mol. The molecule has 88 valence electrons. The minimum absolute atomic E-state index is 0.322. The smallest absolute Gasteiger partial charge is 0.187 e. The highest BCUT2D eigenvalue weighted by molar-refractivity contribution is 5.48. The summed E-state index contributed by atoms with van der Waals surface area (Å²) in [5.74, 6) is 0. The molecule has 0 bridgehead atoms. The average Bonchev–Trinajstić information content (AvgIpc) is 2.26. The van der Waals surface area contributed by atoms with Gasteiger partial charge in [0.15, 0.2) is 6.79 Å². The number of methoxy groups -OCH3 is 1. The van der Waals surface area contributed by atoms with Gasteiger partial charge in [0, 0.05) is 13.5 Å². The molecule has 0 aliphatic heterocycles. The summed E-state index contributed by atoms with van der Waals surface area (Å²) in [6.45, 7) is 0.322. The number of carbonyl (C=O) groups is 1. The van der Waals surface area contributed by atoms with Gasteiger partial charge in [0.1, 0.15) is 6.29 Å². The van der Waals surface area contributed by atoms with Crippen molar-refractivity contribution in [3.05, 3.63) is 12.3 Å². The lowest BCUT2D eigenvalue weighted by Gasteiger charge is -1.98. The number of carbonyl (C=O) groups excluding carboxylic acids is 1. The SMILES string of the molecule is COCOC=CCCCCCCCC=O. The Morgan fingerprint density at radius 1 is 1.00 bits per heavy atom. The lowest BCUT2D eigenvalue weighted by Crippen LogP contribution is -1.87. The van der Waals surface area contributed by atoms with E-state index in [1.807, 2.05) is 6.08 Å². The van der Waals surface area contributed by atoms with E-state index in [4.69, 9.17) is 9.47 Å². The molecule has 0 saturated carbocycles. The van der Waals surface area contributed by atoms with Gasteiger partial charge in [-0.2, -0.15) is 0 Å². The van der Waals surface area contributed by atoms with Crippen molar-refractivity contribution in [1.82, 2.24) is 0 Å². The van der Waals surface area contributed by atoms with E-state index in [1.165, 1.54) is 25.7 Å². The van der Waals surface area contributed by atoms with Gasteiger partial charge in [-0.3, -0.25) is 0 Å². The molecule has 0 aromatic heterocycles. The van der Waals surface area contributed by atoms with E-state index in [-0.39, 0.29) is 0 Å². The molecule has 0 aliphatic carbocycles. The van der Waals surface area contributed by atoms with E-state index in [9.17, 15) is 4.79 Å². The summed E-state index contributed by atoms with van der Waals surface area (Å²) >= 11 is 0. The third-order valence-corrected chi connectivity index (χ3v) is 2.07. The Balaban J connectivity index is 2.97. The van der Waals surface area contributed by atoms with Gasteiger partial charge in [0.2, 0.25) is 0 Å². The monoisotopic (exact) mass is 214 g/mol. The maximum absolute atomic E-state index is 10.0. The Kier molecular flexibility index (Phi) is 12.4. The highest BCUT2D eigenvalue weighted by Crippen LogP contribution is 2.06. The first-order valence-corrected chi connectivity index (χ1v) is 5.61. The molecule has 3 heteroatoms. The predicted molar refractivity (Wildman–Crippen MR) is 60.5 cm³/mol. The molecule has 0 aromatic carbocycles. The van der Waals surface area contributed by atoms with Crippen molar-refractivity contribution >= 4 is 6.29 Å². The summed E-state index contributed by atoms with van der Waals surface area (Å²) in [5.41, 5.74) is 0. The summed E-state index contributed by atoms with van der Waals surface area (Å²) < 4.78 is 9.72. The first kappa shape index (κ1) is 14.2. The molecular weight excluding hydrogens is 192 g/mol. The van der Waals surface area contributed by atoms with Crippen molar-refractivity contribution in [2.75, 3.05) is 13.9 Å².